The van der Waals surface area contributed by atoms with E-state index in [4.69, 9.17) is 0 Å². The summed E-state index contributed by atoms with van der Waals surface area (Å²) in [6.45, 7) is 4.87. The molecule has 5 nitrogen and oxygen atoms in total. The van der Waals surface area contributed by atoms with Crippen LogP contribution in [0.4, 0.5) is 11.5 Å². The van der Waals surface area contributed by atoms with Crippen LogP contribution >= 0.6 is 0 Å². The molecule has 1 aromatic carbocycles. The molecule has 0 radical (unpaired) electrons. The SMILES string of the molecule is CCNc1ccc(S(=O)(=O)N(CC)c2ccccc2)cn1. The number of benzene rings is 1. The van der Waals surface area contributed by atoms with Crippen molar-refractivity contribution < 1.29 is 8.42 Å². The molecular weight excluding hydrogens is 286 g/mol. The number of sulfonamides is 1. The molecule has 0 bridgehead atoms. The molecule has 0 aliphatic carbocycles. The molecule has 0 spiro atoms. The largest absolute Gasteiger partial charge is 0.370 e. The van der Waals surface area contributed by atoms with E-state index in [2.05, 4.69) is 10.3 Å². The smallest absolute Gasteiger partial charge is 0.265 e. The summed E-state index contributed by atoms with van der Waals surface area (Å²) in [4.78, 5) is 4.32. The van der Waals surface area contributed by atoms with Gasteiger partial charge in [-0.05, 0) is 38.1 Å². The van der Waals surface area contributed by atoms with Crippen LogP contribution in [0.3, 0.4) is 0 Å². The number of nitrogens with one attached hydrogen (secondary N) is 1. The van der Waals surface area contributed by atoms with Crippen molar-refractivity contribution >= 4 is 21.5 Å². The van der Waals surface area contributed by atoms with Gasteiger partial charge in [-0.25, -0.2) is 13.4 Å². The van der Waals surface area contributed by atoms with Crippen LogP contribution in [0, 0.1) is 0 Å². The molecule has 21 heavy (non-hydrogen) atoms. The predicted molar refractivity (Wildman–Crippen MR) is 85.0 cm³/mol. The molecule has 0 fully saturated rings. The van der Waals surface area contributed by atoms with E-state index in [0.29, 0.717) is 18.1 Å². The molecule has 1 aromatic heterocycles. The third-order valence-electron chi connectivity index (χ3n) is 3.01. The van der Waals surface area contributed by atoms with Crippen molar-refractivity contribution in [3.8, 4) is 0 Å². The van der Waals surface area contributed by atoms with Crippen molar-refractivity contribution in [3.63, 3.8) is 0 Å². The summed E-state index contributed by atoms with van der Waals surface area (Å²) in [6.07, 6.45) is 1.39. The first-order valence-corrected chi connectivity index (χ1v) is 8.31. The minimum absolute atomic E-state index is 0.190. The van der Waals surface area contributed by atoms with Gasteiger partial charge < -0.3 is 5.32 Å². The van der Waals surface area contributed by atoms with Gasteiger partial charge >= 0.3 is 0 Å². The molecule has 2 aromatic rings. The van der Waals surface area contributed by atoms with Crippen molar-refractivity contribution in [3.05, 3.63) is 48.7 Å². The normalized spacial score (nSPS) is 11.1. The zero-order valence-electron chi connectivity index (χ0n) is 12.2. The minimum Gasteiger partial charge on any atom is -0.370 e. The highest BCUT2D eigenvalue weighted by Gasteiger charge is 2.23. The topological polar surface area (TPSA) is 62.3 Å². The van der Waals surface area contributed by atoms with Crippen molar-refractivity contribution in [2.75, 3.05) is 22.7 Å². The van der Waals surface area contributed by atoms with Crippen molar-refractivity contribution in [1.82, 2.24) is 4.98 Å². The summed E-state index contributed by atoms with van der Waals surface area (Å²) in [6, 6.07) is 12.3. The maximum Gasteiger partial charge on any atom is 0.265 e. The molecule has 0 saturated heterocycles. The van der Waals surface area contributed by atoms with Gasteiger partial charge in [0.2, 0.25) is 0 Å². The highest BCUT2D eigenvalue weighted by Crippen LogP contribution is 2.23. The van der Waals surface area contributed by atoms with E-state index >= 15 is 0 Å². The Morgan fingerprint density at radius 1 is 1.10 bits per heavy atom. The Morgan fingerprint density at radius 3 is 2.33 bits per heavy atom. The molecule has 0 unspecified atom stereocenters. The maximum atomic E-state index is 12.7. The zero-order chi connectivity index (χ0) is 15.3. The Bertz CT molecular complexity index is 670. The summed E-state index contributed by atoms with van der Waals surface area (Å²) in [5.41, 5.74) is 0.649. The highest BCUT2D eigenvalue weighted by molar-refractivity contribution is 7.92. The lowest BCUT2D eigenvalue weighted by molar-refractivity contribution is 0.591. The summed E-state index contributed by atoms with van der Waals surface area (Å²) < 4.78 is 26.8. The van der Waals surface area contributed by atoms with Crippen LogP contribution in [-0.2, 0) is 10.0 Å². The fourth-order valence-electron chi connectivity index (χ4n) is 2.03. The molecular formula is C15H19N3O2S. The van der Waals surface area contributed by atoms with E-state index < -0.39 is 10.0 Å². The number of para-hydroxylation sites is 1. The molecule has 0 atom stereocenters. The maximum absolute atomic E-state index is 12.7. The second-order valence-corrected chi connectivity index (χ2v) is 6.28. The van der Waals surface area contributed by atoms with Crippen molar-refractivity contribution in [2.45, 2.75) is 18.7 Å². The Hall–Kier alpha value is -2.08. The molecule has 0 aliphatic rings. The van der Waals surface area contributed by atoms with E-state index in [1.165, 1.54) is 10.5 Å². The Morgan fingerprint density at radius 2 is 1.81 bits per heavy atom. The Labute approximate surface area is 125 Å². The summed E-state index contributed by atoms with van der Waals surface area (Å²) in [5.74, 6) is 0.666. The minimum atomic E-state index is -3.59. The van der Waals surface area contributed by atoms with Gasteiger partial charge in [0.05, 0.1) is 5.69 Å². The van der Waals surface area contributed by atoms with Crippen LogP contribution in [0.2, 0.25) is 0 Å². The fourth-order valence-corrected chi connectivity index (χ4v) is 3.45. The summed E-state index contributed by atoms with van der Waals surface area (Å²) in [5, 5.41) is 3.04. The van der Waals surface area contributed by atoms with Crippen LogP contribution < -0.4 is 9.62 Å². The molecule has 0 saturated carbocycles. The number of anilines is 2. The molecule has 112 valence electrons. The number of rotatable bonds is 6. The van der Waals surface area contributed by atoms with E-state index in [0.717, 1.165) is 6.54 Å². The number of hydrogen-bond donors (Lipinski definition) is 1. The van der Waals surface area contributed by atoms with Gasteiger partial charge in [0.15, 0.2) is 0 Å². The van der Waals surface area contributed by atoms with E-state index in [1.54, 1.807) is 24.3 Å². The zero-order valence-corrected chi connectivity index (χ0v) is 13.0. The van der Waals surface area contributed by atoms with E-state index in [1.807, 2.05) is 32.0 Å². The van der Waals surface area contributed by atoms with Gasteiger partial charge in [0.1, 0.15) is 10.7 Å². The summed E-state index contributed by atoms with van der Waals surface area (Å²) in [7, 11) is -3.59. The molecule has 6 heteroatoms. The van der Waals surface area contributed by atoms with E-state index in [-0.39, 0.29) is 4.90 Å². The van der Waals surface area contributed by atoms with Gasteiger partial charge in [-0.3, -0.25) is 4.31 Å². The van der Waals surface area contributed by atoms with Crippen molar-refractivity contribution in [2.24, 2.45) is 0 Å². The average Bonchev–Trinajstić information content (AvgIpc) is 2.50. The van der Waals surface area contributed by atoms with Gasteiger partial charge in [-0.1, -0.05) is 18.2 Å². The van der Waals surface area contributed by atoms with Gasteiger partial charge in [0.25, 0.3) is 10.0 Å². The quantitative estimate of drug-likeness (QED) is 0.891. The van der Waals surface area contributed by atoms with Gasteiger partial charge in [0, 0.05) is 19.3 Å². The van der Waals surface area contributed by atoms with Crippen LogP contribution in [0.5, 0.6) is 0 Å². The lowest BCUT2D eigenvalue weighted by Gasteiger charge is -2.22. The lowest BCUT2D eigenvalue weighted by atomic mass is 10.3. The van der Waals surface area contributed by atoms with Crippen LogP contribution in [0.25, 0.3) is 0 Å². The molecule has 1 N–H and O–H groups in total. The Balaban J connectivity index is 2.35. The van der Waals surface area contributed by atoms with Gasteiger partial charge in [-0.2, -0.15) is 0 Å². The number of hydrogen-bond acceptors (Lipinski definition) is 4. The first kappa shape index (κ1) is 15.3. The predicted octanol–water partition coefficient (Wildman–Crippen LogP) is 2.73. The molecule has 1 heterocycles. The summed E-state index contributed by atoms with van der Waals surface area (Å²) >= 11 is 0. The fraction of sp³-hybridized carbons (Fsp3) is 0.267. The van der Waals surface area contributed by atoms with Crippen molar-refractivity contribution in [1.29, 1.82) is 0 Å². The highest BCUT2D eigenvalue weighted by atomic mass is 32.2. The van der Waals surface area contributed by atoms with Gasteiger partial charge in [-0.15, -0.1) is 0 Å². The lowest BCUT2D eigenvalue weighted by Crippen LogP contribution is -2.30. The third-order valence-corrected chi connectivity index (χ3v) is 4.90. The Kier molecular flexibility index (Phi) is 4.80. The second kappa shape index (κ2) is 6.58. The second-order valence-electron chi connectivity index (χ2n) is 4.41. The first-order chi connectivity index (χ1) is 10.1. The first-order valence-electron chi connectivity index (χ1n) is 6.87. The molecule has 0 amide bonds. The molecule has 0 aliphatic heterocycles. The van der Waals surface area contributed by atoms with E-state index in [9.17, 15) is 8.42 Å². The van der Waals surface area contributed by atoms with Crippen LogP contribution in [0.15, 0.2) is 53.6 Å². The average molecular weight is 305 g/mol. The number of nitrogens with zero attached hydrogens (tertiary/aromatic N) is 2. The third kappa shape index (κ3) is 3.33. The number of pyridine rings is 1. The monoisotopic (exact) mass is 305 g/mol. The van der Waals surface area contributed by atoms with Crippen LogP contribution in [0.1, 0.15) is 13.8 Å². The number of aromatic nitrogens is 1. The standard InChI is InChI=1S/C15H19N3O2S/c1-3-16-15-11-10-14(12-17-15)21(19,20)18(4-2)13-8-6-5-7-9-13/h5-12H,3-4H2,1-2H3,(H,16,17). The van der Waals surface area contributed by atoms with Crippen LogP contribution in [-0.4, -0.2) is 26.5 Å². The molecule has 2 rings (SSSR count).